The molecule has 0 aromatic heterocycles. The lowest BCUT2D eigenvalue weighted by Gasteiger charge is -2.03. The molecule has 0 aliphatic carbocycles. The van der Waals surface area contributed by atoms with Crippen molar-refractivity contribution in [3.8, 4) is 0 Å². The summed E-state index contributed by atoms with van der Waals surface area (Å²) in [5, 5.41) is 0. The molecule has 16 heavy (non-hydrogen) atoms. The van der Waals surface area contributed by atoms with E-state index in [4.69, 9.17) is 0 Å². The second-order valence-electron chi connectivity index (χ2n) is 3.81. The summed E-state index contributed by atoms with van der Waals surface area (Å²) in [5.41, 5.74) is 4.21. The van der Waals surface area contributed by atoms with Gasteiger partial charge < -0.3 is 0 Å². The van der Waals surface area contributed by atoms with E-state index in [1.54, 1.807) is 0 Å². The molecule has 0 amide bonds. The summed E-state index contributed by atoms with van der Waals surface area (Å²) in [5.74, 6) is 0.0618. The Morgan fingerprint density at radius 1 is 1.25 bits per heavy atom. The molecule has 0 unspecified atom stereocenters. The molecule has 1 aromatic rings. The molecule has 0 saturated heterocycles. The number of hydrogen-bond donors (Lipinski definition) is 0. The van der Waals surface area contributed by atoms with Crippen molar-refractivity contribution in [2.45, 2.75) is 32.6 Å². The zero-order chi connectivity index (χ0) is 11.8. The Morgan fingerprint density at radius 2 is 1.94 bits per heavy atom. The minimum atomic E-state index is 0.0618. The Balaban J connectivity index is 2.68. The van der Waals surface area contributed by atoms with E-state index in [9.17, 15) is 4.79 Å². The number of carbonyl (C=O) groups is 1. The fraction of sp³-hybridized carbons (Fsp3) is 0.333. The molecule has 0 aliphatic heterocycles. The predicted octanol–water partition coefficient (Wildman–Crippen LogP) is 4.16. The summed E-state index contributed by atoms with van der Waals surface area (Å²) >= 11 is 0. The highest BCUT2D eigenvalue weighted by atomic mass is 16.1. The van der Waals surface area contributed by atoms with Gasteiger partial charge in [-0.3, -0.25) is 4.79 Å². The van der Waals surface area contributed by atoms with Crippen molar-refractivity contribution < 1.29 is 4.79 Å². The number of benzene rings is 1. The van der Waals surface area contributed by atoms with Gasteiger partial charge in [-0.25, -0.2) is 0 Å². The van der Waals surface area contributed by atoms with Crippen LogP contribution in [0.3, 0.4) is 0 Å². The van der Waals surface area contributed by atoms with Crippen molar-refractivity contribution in [1.82, 2.24) is 0 Å². The highest BCUT2D eigenvalue weighted by Crippen LogP contribution is 2.14. The number of hydrogen-bond acceptors (Lipinski definition) is 1. The van der Waals surface area contributed by atoms with E-state index in [0.717, 1.165) is 31.2 Å². The van der Waals surface area contributed by atoms with Gasteiger partial charge in [0.1, 0.15) is 0 Å². The van der Waals surface area contributed by atoms with E-state index in [0.29, 0.717) is 5.57 Å². The van der Waals surface area contributed by atoms with Crippen LogP contribution in [0.1, 0.15) is 43.0 Å². The number of Topliss-reactive ketones (excluding diaryl/α,β-unsaturated/α-hetero) is 1. The van der Waals surface area contributed by atoms with Crippen LogP contribution in [0.15, 0.2) is 48.2 Å². The van der Waals surface area contributed by atoms with Crippen molar-refractivity contribution >= 4 is 5.78 Å². The van der Waals surface area contributed by atoms with Gasteiger partial charge in [-0.2, -0.15) is 0 Å². The first-order chi connectivity index (χ1) is 7.79. The Labute approximate surface area is 97.5 Å². The molecule has 0 spiro atoms. The third-order valence-electron chi connectivity index (χ3n) is 2.55. The molecule has 84 valence electrons. The third kappa shape index (κ3) is 3.52. The normalized spacial score (nSPS) is 9.56. The third-order valence-corrected chi connectivity index (χ3v) is 2.55. The molecule has 0 atom stereocenters. The minimum Gasteiger partial charge on any atom is -0.288 e. The molecule has 0 radical (unpaired) electrons. The second kappa shape index (κ2) is 6.81. The van der Waals surface area contributed by atoms with Crippen LogP contribution < -0.4 is 0 Å². The van der Waals surface area contributed by atoms with Gasteiger partial charge in [-0.15, -0.1) is 5.73 Å². The van der Waals surface area contributed by atoms with Crippen LogP contribution in [0, 0.1) is 0 Å². The highest BCUT2D eigenvalue weighted by molar-refractivity contribution is 6.08. The van der Waals surface area contributed by atoms with Gasteiger partial charge in [0.15, 0.2) is 5.78 Å². The Kier molecular flexibility index (Phi) is 5.31. The molecule has 0 N–H and O–H groups in total. The van der Waals surface area contributed by atoms with Crippen molar-refractivity contribution in [3.63, 3.8) is 0 Å². The zero-order valence-electron chi connectivity index (χ0n) is 9.83. The molecule has 0 saturated carbocycles. The van der Waals surface area contributed by atoms with Crippen molar-refractivity contribution in [1.29, 1.82) is 0 Å². The van der Waals surface area contributed by atoms with Crippen LogP contribution in [-0.2, 0) is 0 Å². The number of ketones is 1. The lowest BCUT2D eigenvalue weighted by atomic mass is 9.99. The largest absolute Gasteiger partial charge is 0.288 e. The molecule has 0 heterocycles. The number of rotatable bonds is 6. The van der Waals surface area contributed by atoms with Crippen LogP contribution in [0.4, 0.5) is 0 Å². The summed E-state index contributed by atoms with van der Waals surface area (Å²) < 4.78 is 0. The maximum Gasteiger partial charge on any atom is 0.196 e. The van der Waals surface area contributed by atoms with Gasteiger partial charge in [0.05, 0.1) is 0 Å². The number of unbranched alkanes of at least 4 members (excludes halogenated alkanes) is 2. The molecule has 1 heteroatoms. The van der Waals surface area contributed by atoms with Gasteiger partial charge in [0.25, 0.3) is 0 Å². The standard InChI is InChI=1S/C15H18O/c1-3-5-7-10-13(4-2)15(16)14-11-8-6-9-12-14/h6,8-9,11-12H,2-3,5,7,10H2,1H3. The summed E-state index contributed by atoms with van der Waals surface area (Å²) in [6.07, 6.45) is 4.12. The van der Waals surface area contributed by atoms with Crippen molar-refractivity contribution in [2.24, 2.45) is 0 Å². The summed E-state index contributed by atoms with van der Waals surface area (Å²) in [6.45, 7) is 5.75. The molecule has 1 rings (SSSR count). The maximum absolute atomic E-state index is 12.0. The van der Waals surface area contributed by atoms with Gasteiger partial charge >= 0.3 is 0 Å². The predicted molar refractivity (Wildman–Crippen MR) is 67.6 cm³/mol. The molecule has 1 nitrogen and oxygen atoms in total. The van der Waals surface area contributed by atoms with Gasteiger partial charge in [-0.05, 0) is 12.8 Å². The smallest absolute Gasteiger partial charge is 0.196 e. The van der Waals surface area contributed by atoms with Crippen molar-refractivity contribution in [2.75, 3.05) is 0 Å². The van der Waals surface area contributed by atoms with E-state index in [1.807, 2.05) is 30.3 Å². The number of allylic oxidation sites excluding steroid dienone is 1. The lowest BCUT2D eigenvalue weighted by Crippen LogP contribution is -2.02. The Morgan fingerprint density at radius 3 is 2.50 bits per heavy atom. The fourth-order valence-electron chi connectivity index (χ4n) is 1.60. The molecule has 0 aliphatic rings. The Hall–Kier alpha value is -1.59. The maximum atomic E-state index is 12.0. The first kappa shape index (κ1) is 12.5. The van der Waals surface area contributed by atoms with E-state index < -0.39 is 0 Å². The van der Waals surface area contributed by atoms with E-state index in [2.05, 4.69) is 19.2 Å². The van der Waals surface area contributed by atoms with Crippen LogP contribution in [0.5, 0.6) is 0 Å². The summed E-state index contributed by atoms with van der Waals surface area (Å²) in [7, 11) is 0. The molecule has 0 bridgehead atoms. The highest BCUT2D eigenvalue weighted by Gasteiger charge is 2.10. The molecular weight excluding hydrogens is 196 g/mol. The van der Waals surface area contributed by atoms with Gasteiger partial charge in [0, 0.05) is 11.1 Å². The monoisotopic (exact) mass is 214 g/mol. The van der Waals surface area contributed by atoms with Crippen LogP contribution in [0.25, 0.3) is 0 Å². The van der Waals surface area contributed by atoms with Crippen LogP contribution in [0.2, 0.25) is 0 Å². The van der Waals surface area contributed by atoms with Gasteiger partial charge in [-0.1, -0.05) is 56.7 Å². The topological polar surface area (TPSA) is 17.1 Å². The zero-order valence-corrected chi connectivity index (χ0v) is 9.83. The van der Waals surface area contributed by atoms with E-state index >= 15 is 0 Å². The Bertz CT molecular complexity index is 383. The molecule has 1 aromatic carbocycles. The quantitative estimate of drug-likeness (QED) is 0.301. The average molecular weight is 214 g/mol. The lowest BCUT2D eigenvalue weighted by molar-refractivity contribution is 0.103. The average Bonchev–Trinajstić information content (AvgIpc) is 2.35. The van der Waals surface area contributed by atoms with Crippen LogP contribution in [-0.4, -0.2) is 5.78 Å². The molecular formula is C15H18O. The summed E-state index contributed by atoms with van der Waals surface area (Å²) in [6, 6.07) is 9.32. The van der Waals surface area contributed by atoms with Crippen LogP contribution >= 0.6 is 0 Å². The number of carbonyl (C=O) groups excluding carboxylic acids is 1. The first-order valence-electron chi connectivity index (χ1n) is 5.78. The fourth-order valence-corrected chi connectivity index (χ4v) is 1.60. The van der Waals surface area contributed by atoms with E-state index in [1.165, 1.54) is 0 Å². The molecule has 0 fully saturated rings. The first-order valence-corrected chi connectivity index (χ1v) is 5.78. The minimum absolute atomic E-state index is 0.0618. The van der Waals surface area contributed by atoms with Crippen molar-refractivity contribution in [3.05, 3.63) is 53.8 Å². The van der Waals surface area contributed by atoms with E-state index in [-0.39, 0.29) is 5.78 Å². The van der Waals surface area contributed by atoms with Gasteiger partial charge in [0.2, 0.25) is 0 Å². The SMILES string of the molecule is C=C=C(CCCCC)C(=O)c1ccccc1. The second-order valence-corrected chi connectivity index (χ2v) is 3.81. The summed E-state index contributed by atoms with van der Waals surface area (Å²) in [4.78, 5) is 12.0.